The molecule has 0 saturated heterocycles. The van der Waals surface area contributed by atoms with Gasteiger partial charge >= 0.3 is 11.9 Å². The Kier molecular flexibility index (Phi) is 50.4. The second-order valence-electron chi connectivity index (χ2n) is 17.4. The van der Waals surface area contributed by atoms with Gasteiger partial charge in [0.25, 0.3) is 0 Å². The molecule has 0 aromatic heterocycles. The predicted octanol–water partition coefficient (Wildman–Crippen LogP) is 17.9. The average molecular weight is 865 g/mol. The summed E-state index contributed by atoms with van der Waals surface area (Å²) >= 11 is 0. The Morgan fingerprint density at radius 2 is 0.758 bits per heavy atom. The van der Waals surface area contributed by atoms with Crippen molar-refractivity contribution in [3.05, 3.63) is 72.9 Å². The number of hydrogen-bond donors (Lipinski definition) is 0. The molecule has 0 spiro atoms. The van der Waals surface area contributed by atoms with E-state index in [2.05, 4.69) is 87.6 Å². The van der Waals surface area contributed by atoms with Gasteiger partial charge in [-0.2, -0.15) is 0 Å². The molecule has 0 aliphatic rings. The highest BCUT2D eigenvalue weighted by Crippen LogP contribution is 2.14. The molecule has 0 aromatic rings. The van der Waals surface area contributed by atoms with Crippen LogP contribution in [0.4, 0.5) is 0 Å². The highest BCUT2D eigenvalue weighted by Gasteiger charge is 2.17. The summed E-state index contributed by atoms with van der Waals surface area (Å²) in [7, 11) is 0. The maximum atomic E-state index is 12.8. The SMILES string of the molecule is CC/C=C\C/C=C\C/C=C\C/C=C\CCC(=O)OC(COCCCCCCCCCC/C=C\CCCCCCCC)COC(=O)CCCCCCC/C=C\CCCCCCCC. The standard InChI is InChI=1S/C57H100O5/c1-4-7-10-13-16-19-22-25-27-28-29-31-34-37-40-43-46-49-52-60-53-55(62-57(59)51-48-45-42-39-36-32-24-21-18-15-12-9-6-3)54-61-56(58)50-47-44-41-38-35-33-30-26-23-20-17-14-11-8-5-2/h9,12,18,21,25-27,30,32,36,42,45,55H,4-8,10-11,13-17,19-20,22-24,28-29,31,33-35,37-41,43-44,46-54H2,1-3H3/b12-9-,21-18-,27-25-,30-26-,36-32-,45-42-. The number of allylic oxidation sites excluding steroid dienone is 12. The Balaban J connectivity index is 4.33. The summed E-state index contributed by atoms with van der Waals surface area (Å²) in [5, 5.41) is 0. The van der Waals surface area contributed by atoms with Gasteiger partial charge in [0.15, 0.2) is 6.10 Å². The van der Waals surface area contributed by atoms with Gasteiger partial charge in [0.1, 0.15) is 6.61 Å². The maximum absolute atomic E-state index is 12.8. The minimum absolute atomic E-state index is 0.0501. The fourth-order valence-electron chi connectivity index (χ4n) is 7.28. The van der Waals surface area contributed by atoms with E-state index >= 15 is 0 Å². The van der Waals surface area contributed by atoms with Crippen molar-refractivity contribution in [3.8, 4) is 0 Å². The van der Waals surface area contributed by atoms with Crippen LogP contribution in [-0.4, -0.2) is 37.9 Å². The maximum Gasteiger partial charge on any atom is 0.306 e. The summed E-state index contributed by atoms with van der Waals surface area (Å²) in [5.41, 5.74) is 0. The van der Waals surface area contributed by atoms with Gasteiger partial charge in [0.2, 0.25) is 0 Å². The van der Waals surface area contributed by atoms with E-state index in [1.807, 2.05) is 6.08 Å². The molecule has 0 rings (SSSR count). The largest absolute Gasteiger partial charge is 0.462 e. The summed E-state index contributed by atoms with van der Waals surface area (Å²) in [5.74, 6) is -0.498. The third-order valence-electron chi connectivity index (χ3n) is 11.2. The average Bonchev–Trinajstić information content (AvgIpc) is 3.27. The van der Waals surface area contributed by atoms with Gasteiger partial charge in [0, 0.05) is 19.4 Å². The lowest BCUT2D eigenvalue weighted by atomic mass is 10.1. The van der Waals surface area contributed by atoms with Crippen molar-refractivity contribution in [2.75, 3.05) is 19.8 Å². The molecular formula is C57H100O5. The molecule has 0 aromatic carbocycles. The van der Waals surface area contributed by atoms with E-state index in [0.29, 0.717) is 25.9 Å². The molecule has 62 heavy (non-hydrogen) atoms. The second kappa shape index (κ2) is 52.7. The third-order valence-corrected chi connectivity index (χ3v) is 11.2. The first-order valence-corrected chi connectivity index (χ1v) is 26.5. The third kappa shape index (κ3) is 50.0. The first kappa shape index (κ1) is 59.3. The van der Waals surface area contributed by atoms with Crippen LogP contribution in [-0.2, 0) is 23.8 Å². The molecular weight excluding hydrogens is 765 g/mol. The normalized spacial score (nSPS) is 12.8. The number of carbonyl (C=O) groups is 2. The van der Waals surface area contributed by atoms with E-state index in [1.54, 1.807) is 0 Å². The minimum Gasteiger partial charge on any atom is -0.462 e. The van der Waals surface area contributed by atoms with Gasteiger partial charge in [-0.1, -0.05) is 216 Å². The summed E-state index contributed by atoms with van der Waals surface area (Å²) in [6, 6.07) is 0. The molecule has 0 bridgehead atoms. The Hall–Kier alpha value is -2.66. The van der Waals surface area contributed by atoms with Crippen LogP contribution < -0.4 is 0 Å². The molecule has 5 heteroatoms. The molecule has 1 unspecified atom stereocenters. The summed E-state index contributed by atoms with van der Waals surface area (Å²) < 4.78 is 17.3. The molecule has 0 radical (unpaired) electrons. The van der Waals surface area contributed by atoms with Crippen molar-refractivity contribution >= 4 is 11.9 Å². The molecule has 0 amide bonds. The fraction of sp³-hybridized carbons (Fsp3) is 0.754. The highest BCUT2D eigenvalue weighted by molar-refractivity contribution is 5.70. The van der Waals surface area contributed by atoms with Crippen LogP contribution >= 0.6 is 0 Å². The Bertz CT molecular complexity index is 1110. The lowest BCUT2D eigenvalue weighted by Gasteiger charge is -2.18. The summed E-state index contributed by atoms with van der Waals surface area (Å²) in [6.45, 7) is 7.63. The molecule has 0 fully saturated rings. The van der Waals surface area contributed by atoms with E-state index < -0.39 is 6.10 Å². The highest BCUT2D eigenvalue weighted by atomic mass is 16.6. The van der Waals surface area contributed by atoms with Crippen LogP contribution in [0, 0.1) is 0 Å². The number of unbranched alkanes of at least 4 members (excludes halogenated alkanes) is 25. The van der Waals surface area contributed by atoms with Crippen LogP contribution in [0.25, 0.3) is 0 Å². The Morgan fingerprint density at radius 1 is 0.371 bits per heavy atom. The lowest BCUT2D eigenvalue weighted by Crippen LogP contribution is -2.30. The first-order chi connectivity index (χ1) is 30.6. The molecule has 0 saturated carbocycles. The topological polar surface area (TPSA) is 61.8 Å². The van der Waals surface area contributed by atoms with Crippen molar-refractivity contribution in [2.24, 2.45) is 0 Å². The number of esters is 2. The summed E-state index contributed by atoms with van der Waals surface area (Å²) in [4.78, 5) is 25.3. The van der Waals surface area contributed by atoms with Gasteiger partial charge < -0.3 is 14.2 Å². The zero-order valence-corrected chi connectivity index (χ0v) is 41.1. The number of ether oxygens (including phenoxy) is 3. The van der Waals surface area contributed by atoms with Crippen molar-refractivity contribution in [3.63, 3.8) is 0 Å². The van der Waals surface area contributed by atoms with Gasteiger partial charge in [-0.3, -0.25) is 9.59 Å². The minimum atomic E-state index is -0.580. The smallest absolute Gasteiger partial charge is 0.306 e. The Labute approximate surface area is 385 Å². The van der Waals surface area contributed by atoms with E-state index in [9.17, 15) is 9.59 Å². The fourth-order valence-corrected chi connectivity index (χ4v) is 7.28. The molecule has 5 nitrogen and oxygen atoms in total. The predicted molar refractivity (Wildman–Crippen MR) is 270 cm³/mol. The van der Waals surface area contributed by atoms with Crippen LogP contribution in [0.2, 0.25) is 0 Å². The first-order valence-electron chi connectivity index (χ1n) is 26.5. The number of rotatable bonds is 48. The number of carbonyl (C=O) groups excluding carboxylic acids is 2. The quantitative estimate of drug-likeness (QED) is 0.0346. The molecule has 0 N–H and O–H groups in total. The van der Waals surface area contributed by atoms with Crippen molar-refractivity contribution < 1.29 is 23.8 Å². The van der Waals surface area contributed by atoms with Crippen LogP contribution in [0.3, 0.4) is 0 Å². The zero-order valence-electron chi connectivity index (χ0n) is 41.1. The Morgan fingerprint density at radius 3 is 1.23 bits per heavy atom. The van der Waals surface area contributed by atoms with Crippen molar-refractivity contribution in [1.29, 1.82) is 0 Å². The second-order valence-corrected chi connectivity index (χ2v) is 17.4. The molecule has 1 atom stereocenters. The van der Waals surface area contributed by atoms with Crippen LogP contribution in [0.15, 0.2) is 72.9 Å². The van der Waals surface area contributed by atoms with Gasteiger partial charge in [-0.25, -0.2) is 0 Å². The van der Waals surface area contributed by atoms with E-state index in [0.717, 1.165) is 64.2 Å². The lowest BCUT2D eigenvalue weighted by molar-refractivity contribution is -0.162. The summed E-state index contributed by atoms with van der Waals surface area (Å²) in [6.07, 6.45) is 67.9. The number of hydrogen-bond acceptors (Lipinski definition) is 5. The monoisotopic (exact) mass is 865 g/mol. The van der Waals surface area contributed by atoms with E-state index in [4.69, 9.17) is 14.2 Å². The van der Waals surface area contributed by atoms with Crippen LogP contribution in [0.5, 0.6) is 0 Å². The molecule has 0 heterocycles. The molecule has 0 aliphatic heterocycles. The van der Waals surface area contributed by atoms with Crippen molar-refractivity contribution in [2.45, 2.75) is 258 Å². The molecule has 0 aliphatic carbocycles. The van der Waals surface area contributed by atoms with Crippen molar-refractivity contribution in [1.82, 2.24) is 0 Å². The van der Waals surface area contributed by atoms with Gasteiger partial charge in [0.05, 0.1) is 6.61 Å². The molecule has 358 valence electrons. The zero-order chi connectivity index (χ0) is 44.9. The van der Waals surface area contributed by atoms with E-state index in [1.165, 1.54) is 148 Å². The van der Waals surface area contributed by atoms with Crippen LogP contribution in [0.1, 0.15) is 252 Å². The van der Waals surface area contributed by atoms with Gasteiger partial charge in [-0.15, -0.1) is 0 Å². The van der Waals surface area contributed by atoms with Gasteiger partial charge in [-0.05, 0) is 96.3 Å². The van der Waals surface area contributed by atoms with E-state index in [-0.39, 0.29) is 25.2 Å².